The standard InChI is InChI=1S/C17H22N2O/c1-14-6-8-15(9-7-14)13-19(2)10-11-20-17-5-3-4-16(18)12-17/h3-9,12H,10-11,13,18H2,1-2H3. The van der Waals surface area contributed by atoms with Crippen LogP contribution in [0.2, 0.25) is 0 Å². The number of anilines is 1. The van der Waals surface area contributed by atoms with Gasteiger partial charge in [0.15, 0.2) is 0 Å². The van der Waals surface area contributed by atoms with Crippen molar-refractivity contribution in [1.29, 1.82) is 0 Å². The molecule has 20 heavy (non-hydrogen) atoms. The van der Waals surface area contributed by atoms with Gasteiger partial charge in [0.25, 0.3) is 0 Å². The first kappa shape index (κ1) is 14.4. The second-order valence-corrected chi connectivity index (χ2v) is 5.14. The Balaban J connectivity index is 1.75. The van der Waals surface area contributed by atoms with Crippen molar-refractivity contribution in [2.75, 3.05) is 25.9 Å². The molecule has 0 saturated heterocycles. The fourth-order valence-electron chi connectivity index (χ4n) is 2.01. The largest absolute Gasteiger partial charge is 0.492 e. The van der Waals surface area contributed by atoms with Gasteiger partial charge in [-0.2, -0.15) is 0 Å². The molecule has 0 heterocycles. The fraction of sp³-hybridized carbons (Fsp3) is 0.294. The van der Waals surface area contributed by atoms with Crippen molar-refractivity contribution in [3.63, 3.8) is 0 Å². The Kier molecular flexibility index (Phi) is 5.02. The lowest BCUT2D eigenvalue weighted by molar-refractivity contribution is 0.233. The molecule has 0 aliphatic carbocycles. The van der Waals surface area contributed by atoms with Crippen molar-refractivity contribution < 1.29 is 4.74 Å². The lowest BCUT2D eigenvalue weighted by Crippen LogP contribution is -2.23. The highest BCUT2D eigenvalue weighted by atomic mass is 16.5. The van der Waals surface area contributed by atoms with Crippen LogP contribution in [-0.2, 0) is 6.54 Å². The van der Waals surface area contributed by atoms with Crippen LogP contribution in [0.4, 0.5) is 5.69 Å². The van der Waals surface area contributed by atoms with Crippen molar-refractivity contribution in [2.45, 2.75) is 13.5 Å². The van der Waals surface area contributed by atoms with Crippen LogP contribution in [0.5, 0.6) is 5.75 Å². The zero-order valence-corrected chi connectivity index (χ0v) is 12.2. The third-order valence-electron chi connectivity index (χ3n) is 3.17. The molecule has 2 N–H and O–H groups in total. The molecule has 0 saturated carbocycles. The monoisotopic (exact) mass is 270 g/mol. The van der Waals surface area contributed by atoms with Gasteiger partial charge < -0.3 is 10.5 Å². The first-order valence-corrected chi connectivity index (χ1v) is 6.86. The minimum absolute atomic E-state index is 0.659. The minimum atomic E-state index is 0.659. The number of hydrogen-bond acceptors (Lipinski definition) is 3. The maximum Gasteiger partial charge on any atom is 0.121 e. The lowest BCUT2D eigenvalue weighted by Gasteiger charge is -2.17. The summed E-state index contributed by atoms with van der Waals surface area (Å²) in [5.41, 5.74) is 9.06. The van der Waals surface area contributed by atoms with Gasteiger partial charge in [-0.1, -0.05) is 35.9 Å². The highest BCUT2D eigenvalue weighted by Crippen LogP contribution is 2.14. The molecule has 3 nitrogen and oxygen atoms in total. The van der Waals surface area contributed by atoms with Crippen LogP contribution >= 0.6 is 0 Å². The molecule has 0 aliphatic rings. The van der Waals surface area contributed by atoms with Gasteiger partial charge in [-0.05, 0) is 31.7 Å². The van der Waals surface area contributed by atoms with Crippen LogP contribution in [0, 0.1) is 6.92 Å². The Morgan fingerprint density at radius 1 is 1.10 bits per heavy atom. The van der Waals surface area contributed by atoms with Gasteiger partial charge >= 0.3 is 0 Å². The van der Waals surface area contributed by atoms with Crippen molar-refractivity contribution in [3.8, 4) is 5.75 Å². The SMILES string of the molecule is Cc1ccc(CN(C)CCOc2cccc(N)c2)cc1. The second-order valence-electron chi connectivity index (χ2n) is 5.14. The average Bonchev–Trinajstić information content (AvgIpc) is 2.41. The molecule has 2 aromatic carbocycles. The Labute approximate surface area is 121 Å². The van der Waals surface area contributed by atoms with Gasteiger partial charge in [0.1, 0.15) is 12.4 Å². The zero-order chi connectivity index (χ0) is 14.4. The Morgan fingerprint density at radius 3 is 2.55 bits per heavy atom. The van der Waals surface area contributed by atoms with Crippen LogP contribution in [0.3, 0.4) is 0 Å². The number of rotatable bonds is 6. The number of aryl methyl sites for hydroxylation is 1. The summed E-state index contributed by atoms with van der Waals surface area (Å²) in [6.07, 6.45) is 0. The summed E-state index contributed by atoms with van der Waals surface area (Å²) in [5, 5.41) is 0. The fourth-order valence-corrected chi connectivity index (χ4v) is 2.01. The van der Waals surface area contributed by atoms with Gasteiger partial charge in [0, 0.05) is 24.8 Å². The van der Waals surface area contributed by atoms with Crippen LogP contribution < -0.4 is 10.5 Å². The van der Waals surface area contributed by atoms with E-state index in [1.807, 2.05) is 24.3 Å². The quantitative estimate of drug-likeness (QED) is 0.820. The van der Waals surface area contributed by atoms with E-state index in [9.17, 15) is 0 Å². The van der Waals surface area contributed by atoms with E-state index in [1.165, 1.54) is 11.1 Å². The van der Waals surface area contributed by atoms with Crippen LogP contribution in [0.1, 0.15) is 11.1 Å². The Morgan fingerprint density at radius 2 is 1.85 bits per heavy atom. The van der Waals surface area contributed by atoms with E-state index in [2.05, 4.69) is 43.1 Å². The molecule has 0 spiro atoms. The number of nitrogens with zero attached hydrogens (tertiary/aromatic N) is 1. The number of likely N-dealkylation sites (N-methyl/N-ethyl adjacent to an activating group) is 1. The maximum absolute atomic E-state index is 5.71. The molecule has 0 unspecified atom stereocenters. The van der Waals surface area contributed by atoms with Crippen molar-refractivity contribution in [1.82, 2.24) is 4.90 Å². The highest BCUT2D eigenvalue weighted by Gasteiger charge is 2.01. The van der Waals surface area contributed by atoms with Crippen molar-refractivity contribution in [2.24, 2.45) is 0 Å². The van der Waals surface area contributed by atoms with E-state index >= 15 is 0 Å². The van der Waals surface area contributed by atoms with E-state index in [0.717, 1.165) is 24.5 Å². The van der Waals surface area contributed by atoms with Gasteiger partial charge in [-0.3, -0.25) is 4.90 Å². The van der Waals surface area contributed by atoms with E-state index in [0.29, 0.717) is 6.61 Å². The summed E-state index contributed by atoms with van der Waals surface area (Å²) < 4.78 is 5.69. The molecular weight excluding hydrogens is 248 g/mol. The van der Waals surface area contributed by atoms with E-state index in [1.54, 1.807) is 0 Å². The van der Waals surface area contributed by atoms with Crippen LogP contribution in [0.25, 0.3) is 0 Å². The molecule has 0 amide bonds. The molecule has 106 valence electrons. The van der Waals surface area contributed by atoms with E-state index in [-0.39, 0.29) is 0 Å². The molecule has 0 radical (unpaired) electrons. The molecule has 0 aliphatic heterocycles. The van der Waals surface area contributed by atoms with E-state index < -0.39 is 0 Å². The third-order valence-corrected chi connectivity index (χ3v) is 3.17. The molecule has 2 aromatic rings. The molecule has 2 rings (SSSR count). The Bertz CT molecular complexity index is 537. The Hall–Kier alpha value is -2.00. The summed E-state index contributed by atoms with van der Waals surface area (Å²) in [7, 11) is 2.10. The molecule has 0 atom stereocenters. The lowest BCUT2D eigenvalue weighted by atomic mass is 10.1. The molecule has 0 aromatic heterocycles. The van der Waals surface area contributed by atoms with Crippen molar-refractivity contribution >= 4 is 5.69 Å². The molecule has 0 bridgehead atoms. The first-order valence-electron chi connectivity index (χ1n) is 6.86. The molecule has 3 heteroatoms. The minimum Gasteiger partial charge on any atom is -0.492 e. The topological polar surface area (TPSA) is 38.5 Å². The molecular formula is C17H22N2O. The van der Waals surface area contributed by atoms with Crippen molar-refractivity contribution in [3.05, 3.63) is 59.7 Å². The van der Waals surface area contributed by atoms with E-state index in [4.69, 9.17) is 10.5 Å². The third kappa shape index (κ3) is 4.59. The van der Waals surface area contributed by atoms with Crippen LogP contribution in [-0.4, -0.2) is 25.1 Å². The average molecular weight is 270 g/mol. The summed E-state index contributed by atoms with van der Waals surface area (Å²) in [6.45, 7) is 4.57. The van der Waals surface area contributed by atoms with Crippen LogP contribution in [0.15, 0.2) is 48.5 Å². The number of ether oxygens (including phenoxy) is 1. The zero-order valence-electron chi connectivity index (χ0n) is 12.2. The summed E-state index contributed by atoms with van der Waals surface area (Å²) in [4.78, 5) is 2.25. The number of benzene rings is 2. The number of nitrogen functional groups attached to an aromatic ring is 1. The number of hydrogen-bond donors (Lipinski definition) is 1. The second kappa shape index (κ2) is 6.96. The highest BCUT2D eigenvalue weighted by molar-refractivity contribution is 5.43. The summed E-state index contributed by atoms with van der Waals surface area (Å²) in [6, 6.07) is 16.2. The molecule has 0 fully saturated rings. The predicted molar refractivity (Wildman–Crippen MR) is 83.9 cm³/mol. The van der Waals surface area contributed by atoms with Gasteiger partial charge in [-0.25, -0.2) is 0 Å². The predicted octanol–water partition coefficient (Wildman–Crippen LogP) is 3.09. The number of nitrogens with two attached hydrogens (primary N) is 1. The van der Waals surface area contributed by atoms with Gasteiger partial charge in [-0.15, -0.1) is 0 Å². The van der Waals surface area contributed by atoms with Gasteiger partial charge in [0.2, 0.25) is 0 Å². The maximum atomic E-state index is 5.71. The normalized spacial score (nSPS) is 10.8. The smallest absolute Gasteiger partial charge is 0.121 e. The summed E-state index contributed by atoms with van der Waals surface area (Å²) >= 11 is 0. The van der Waals surface area contributed by atoms with Gasteiger partial charge in [0.05, 0.1) is 0 Å². The first-order chi connectivity index (χ1) is 9.63. The summed E-state index contributed by atoms with van der Waals surface area (Å²) in [5.74, 6) is 0.828.